The molecule has 2 aromatic carbocycles. The molecule has 0 spiro atoms. The molecular formula is C22H23N3O5S. The Morgan fingerprint density at radius 3 is 2.03 bits per heavy atom. The first-order valence-corrected chi connectivity index (χ1v) is 11.7. The number of likely N-dealkylation sites (tertiary alicyclic amines) is 1. The van der Waals surface area contributed by atoms with E-state index in [2.05, 4.69) is 4.72 Å². The average molecular weight is 442 g/mol. The molecule has 0 aliphatic carbocycles. The smallest absolute Gasteiger partial charge is 0.261 e. The van der Waals surface area contributed by atoms with Crippen LogP contribution in [0.4, 0.5) is 0 Å². The van der Waals surface area contributed by atoms with E-state index in [0.29, 0.717) is 37.1 Å². The lowest BCUT2D eigenvalue weighted by atomic mass is 10.1. The highest BCUT2D eigenvalue weighted by atomic mass is 32.2. The molecule has 0 saturated carbocycles. The molecule has 0 aromatic heterocycles. The summed E-state index contributed by atoms with van der Waals surface area (Å²) < 4.78 is 27.6. The van der Waals surface area contributed by atoms with Crippen molar-refractivity contribution in [3.05, 3.63) is 65.7 Å². The molecule has 1 N–H and O–H groups in total. The number of hydrogen-bond acceptors (Lipinski definition) is 5. The topological polar surface area (TPSA) is 104 Å². The summed E-state index contributed by atoms with van der Waals surface area (Å²) in [6.45, 7) is 0.873. The third-order valence-corrected chi connectivity index (χ3v) is 7.19. The Hall–Kier alpha value is -3.04. The number of carbonyl (C=O) groups excluding carboxylic acids is 3. The largest absolute Gasteiger partial charge is 0.343 e. The van der Waals surface area contributed by atoms with E-state index in [4.69, 9.17) is 0 Å². The van der Waals surface area contributed by atoms with Crippen LogP contribution in [0.1, 0.15) is 40.0 Å². The number of imide groups is 1. The number of amides is 3. The molecule has 2 aromatic rings. The highest BCUT2D eigenvalue weighted by molar-refractivity contribution is 7.89. The molecule has 3 amide bonds. The Kier molecular flexibility index (Phi) is 5.88. The van der Waals surface area contributed by atoms with Crippen LogP contribution in [0.2, 0.25) is 0 Å². The minimum Gasteiger partial charge on any atom is -0.343 e. The van der Waals surface area contributed by atoms with Crippen LogP contribution in [0.25, 0.3) is 0 Å². The molecule has 8 nitrogen and oxygen atoms in total. The number of nitrogens with one attached hydrogen (secondary N) is 1. The Morgan fingerprint density at radius 1 is 0.903 bits per heavy atom. The quantitative estimate of drug-likeness (QED) is 0.687. The zero-order valence-electron chi connectivity index (χ0n) is 16.9. The van der Waals surface area contributed by atoms with Gasteiger partial charge in [-0.3, -0.25) is 19.3 Å². The van der Waals surface area contributed by atoms with Crippen LogP contribution in [0.15, 0.2) is 59.5 Å². The van der Waals surface area contributed by atoms with Crippen LogP contribution in [0.3, 0.4) is 0 Å². The molecular weight excluding hydrogens is 418 g/mol. The highest BCUT2D eigenvalue weighted by Gasteiger charge is 2.35. The zero-order valence-corrected chi connectivity index (χ0v) is 17.7. The lowest BCUT2D eigenvalue weighted by Crippen LogP contribution is -2.47. The third-order valence-electron chi connectivity index (χ3n) is 5.65. The van der Waals surface area contributed by atoms with Gasteiger partial charge in [-0.2, -0.15) is 0 Å². The molecule has 0 unspecified atom stereocenters. The normalized spacial score (nSPS) is 17.2. The second-order valence-electron chi connectivity index (χ2n) is 7.65. The van der Waals surface area contributed by atoms with Crippen molar-refractivity contribution in [2.24, 2.45) is 0 Å². The van der Waals surface area contributed by atoms with Gasteiger partial charge in [0.2, 0.25) is 15.9 Å². The van der Waals surface area contributed by atoms with Crippen molar-refractivity contribution in [2.75, 3.05) is 19.6 Å². The predicted molar refractivity (Wildman–Crippen MR) is 113 cm³/mol. The standard InChI is InChI=1S/C22H23N3O5S/c26-20(12-15-25-21(27)18-8-4-5-9-19(18)22(25)28)24-13-10-16(11-14-24)23-31(29,30)17-6-2-1-3-7-17/h1-9,16,23H,10-15H2. The van der Waals surface area contributed by atoms with Gasteiger partial charge in [0.25, 0.3) is 11.8 Å². The molecule has 4 rings (SSSR count). The maximum absolute atomic E-state index is 12.6. The number of rotatable bonds is 6. The Balaban J connectivity index is 1.28. The van der Waals surface area contributed by atoms with Crippen molar-refractivity contribution in [1.82, 2.24) is 14.5 Å². The highest BCUT2D eigenvalue weighted by Crippen LogP contribution is 2.23. The van der Waals surface area contributed by atoms with Gasteiger partial charge < -0.3 is 4.90 Å². The van der Waals surface area contributed by atoms with Crippen LogP contribution in [0, 0.1) is 0 Å². The van der Waals surface area contributed by atoms with E-state index in [-0.39, 0.29) is 41.6 Å². The fraction of sp³-hybridized carbons (Fsp3) is 0.318. The number of hydrogen-bond donors (Lipinski definition) is 1. The summed E-state index contributed by atoms with van der Waals surface area (Å²) in [4.78, 5) is 40.4. The molecule has 2 heterocycles. The van der Waals surface area contributed by atoms with Crippen molar-refractivity contribution >= 4 is 27.7 Å². The van der Waals surface area contributed by atoms with Gasteiger partial charge in [-0.05, 0) is 37.1 Å². The fourth-order valence-electron chi connectivity index (χ4n) is 3.94. The van der Waals surface area contributed by atoms with E-state index < -0.39 is 10.0 Å². The molecule has 0 radical (unpaired) electrons. The Labute approximate surface area is 180 Å². The van der Waals surface area contributed by atoms with Gasteiger partial charge in [-0.25, -0.2) is 13.1 Å². The van der Waals surface area contributed by atoms with Crippen molar-refractivity contribution in [3.63, 3.8) is 0 Å². The molecule has 162 valence electrons. The van der Waals surface area contributed by atoms with E-state index in [0.717, 1.165) is 4.90 Å². The maximum Gasteiger partial charge on any atom is 0.261 e. The SMILES string of the molecule is O=C(CCN1C(=O)c2ccccc2C1=O)N1CCC(NS(=O)(=O)c2ccccc2)CC1. The molecule has 0 bridgehead atoms. The van der Waals surface area contributed by atoms with E-state index in [9.17, 15) is 22.8 Å². The van der Waals surface area contributed by atoms with Crippen molar-refractivity contribution in [1.29, 1.82) is 0 Å². The first-order valence-electron chi connectivity index (χ1n) is 10.2. The lowest BCUT2D eigenvalue weighted by Gasteiger charge is -2.32. The summed E-state index contributed by atoms with van der Waals surface area (Å²) in [6.07, 6.45) is 1.06. The minimum atomic E-state index is -3.59. The predicted octanol–water partition coefficient (Wildman–Crippen LogP) is 1.64. The Morgan fingerprint density at radius 2 is 1.45 bits per heavy atom. The minimum absolute atomic E-state index is 0.0335. The number of carbonyl (C=O) groups is 3. The van der Waals surface area contributed by atoms with Gasteiger partial charge >= 0.3 is 0 Å². The number of nitrogens with zero attached hydrogens (tertiary/aromatic N) is 2. The van der Waals surface area contributed by atoms with E-state index >= 15 is 0 Å². The second kappa shape index (κ2) is 8.60. The van der Waals surface area contributed by atoms with Gasteiger partial charge in [0.15, 0.2) is 0 Å². The van der Waals surface area contributed by atoms with Crippen LogP contribution in [-0.4, -0.2) is 61.6 Å². The monoisotopic (exact) mass is 441 g/mol. The van der Waals surface area contributed by atoms with Crippen LogP contribution >= 0.6 is 0 Å². The van der Waals surface area contributed by atoms with Crippen LogP contribution < -0.4 is 4.72 Å². The lowest BCUT2D eigenvalue weighted by molar-refractivity contribution is -0.132. The van der Waals surface area contributed by atoms with E-state index in [1.54, 1.807) is 59.5 Å². The number of benzene rings is 2. The van der Waals surface area contributed by atoms with Gasteiger partial charge in [-0.1, -0.05) is 30.3 Å². The summed E-state index contributed by atoms with van der Waals surface area (Å²) in [5.41, 5.74) is 0.734. The van der Waals surface area contributed by atoms with Gasteiger partial charge in [0.1, 0.15) is 0 Å². The van der Waals surface area contributed by atoms with Gasteiger partial charge in [-0.15, -0.1) is 0 Å². The van der Waals surface area contributed by atoms with Crippen LogP contribution in [0.5, 0.6) is 0 Å². The molecule has 1 fully saturated rings. The zero-order chi connectivity index (χ0) is 22.0. The number of piperidine rings is 1. The number of sulfonamides is 1. The first kappa shape index (κ1) is 21.2. The average Bonchev–Trinajstić information content (AvgIpc) is 3.03. The molecule has 0 atom stereocenters. The molecule has 9 heteroatoms. The second-order valence-corrected chi connectivity index (χ2v) is 9.36. The first-order chi connectivity index (χ1) is 14.9. The number of fused-ring (bicyclic) bond motifs is 1. The molecule has 1 saturated heterocycles. The summed E-state index contributed by atoms with van der Waals surface area (Å²) >= 11 is 0. The van der Waals surface area contributed by atoms with Crippen LogP contribution in [-0.2, 0) is 14.8 Å². The van der Waals surface area contributed by atoms with Gasteiger partial charge in [0.05, 0.1) is 16.0 Å². The van der Waals surface area contributed by atoms with Gasteiger partial charge in [0, 0.05) is 32.1 Å². The molecule has 2 aliphatic heterocycles. The molecule has 2 aliphatic rings. The van der Waals surface area contributed by atoms with E-state index in [1.165, 1.54) is 0 Å². The van der Waals surface area contributed by atoms with Crippen molar-refractivity contribution < 1.29 is 22.8 Å². The maximum atomic E-state index is 12.6. The summed E-state index contributed by atoms with van der Waals surface area (Å²) in [6, 6.07) is 14.6. The summed E-state index contributed by atoms with van der Waals surface area (Å²) in [5, 5.41) is 0. The summed E-state index contributed by atoms with van der Waals surface area (Å²) in [7, 11) is -3.59. The fourth-order valence-corrected chi connectivity index (χ4v) is 5.27. The van der Waals surface area contributed by atoms with E-state index in [1.807, 2.05) is 0 Å². The third kappa shape index (κ3) is 4.38. The van der Waals surface area contributed by atoms with Crippen molar-refractivity contribution in [3.8, 4) is 0 Å². The Bertz CT molecular complexity index is 1070. The van der Waals surface area contributed by atoms with Crippen molar-refractivity contribution in [2.45, 2.75) is 30.2 Å². The summed E-state index contributed by atoms with van der Waals surface area (Å²) in [5.74, 6) is -0.897. The molecule has 31 heavy (non-hydrogen) atoms.